The molecule has 0 amide bonds. The fraction of sp³-hybridized carbons (Fsp3) is 0.900. The summed E-state index contributed by atoms with van der Waals surface area (Å²) >= 11 is 0. The summed E-state index contributed by atoms with van der Waals surface area (Å²) in [5.74, 6) is 2.23. The molecule has 76 valence electrons. The zero-order chi connectivity index (χ0) is 9.84. The lowest BCUT2D eigenvalue weighted by Crippen LogP contribution is -2.44. The highest BCUT2D eigenvalue weighted by atomic mass is 15.3. The van der Waals surface area contributed by atoms with Gasteiger partial charge in [-0.3, -0.25) is 5.41 Å². The lowest BCUT2D eigenvalue weighted by atomic mass is 9.87. The van der Waals surface area contributed by atoms with Crippen LogP contribution in [0, 0.1) is 17.2 Å². The Morgan fingerprint density at radius 2 is 1.92 bits per heavy atom. The summed E-state index contributed by atoms with van der Waals surface area (Å²) in [4.78, 5) is 2.12. The van der Waals surface area contributed by atoms with Gasteiger partial charge in [0.2, 0.25) is 0 Å². The molecule has 0 bridgehead atoms. The summed E-state index contributed by atoms with van der Waals surface area (Å²) in [6.07, 6.45) is 2.48. The van der Waals surface area contributed by atoms with Crippen molar-refractivity contribution in [1.82, 2.24) is 10.2 Å². The molecule has 0 aromatic carbocycles. The number of rotatable bonds is 1. The molecule has 1 rings (SSSR count). The number of hydrogen-bond donors (Lipinski definition) is 2. The van der Waals surface area contributed by atoms with Crippen LogP contribution in [-0.4, -0.2) is 31.0 Å². The molecule has 3 heteroatoms. The number of piperidine rings is 1. The summed E-state index contributed by atoms with van der Waals surface area (Å²) < 4.78 is 0. The fourth-order valence-corrected chi connectivity index (χ4v) is 1.95. The average Bonchev–Trinajstić information content (AvgIpc) is 2.17. The van der Waals surface area contributed by atoms with Crippen LogP contribution in [0.2, 0.25) is 0 Å². The zero-order valence-electron chi connectivity index (χ0n) is 8.93. The van der Waals surface area contributed by atoms with Gasteiger partial charge >= 0.3 is 0 Å². The molecule has 1 fully saturated rings. The molecule has 1 aliphatic heterocycles. The van der Waals surface area contributed by atoms with Crippen molar-refractivity contribution in [3.8, 4) is 0 Å². The summed E-state index contributed by atoms with van der Waals surface area (Å²) in [7, 11) is 1.82. The monoisotopic (exact) mass is 183 g/mol. The molecule has 0 spiro atoms. The van der Waals surface area contributed by atoms with Gasteiger partial charge in [0, 0.05) is 20.1 Å². The van der Waals surface area contributed by atoms with Crippen LogP contribution in [0.3, 0.4) is 0 Å². The van der Waals surface area contributed by atoms with Gasteiger partial charge in [-0.25, -0.2) is 0 Å². The zero-order valence-corrected chi connectivity index (χ0v) is 8.93. The molecule has 0 saturated carbocycles. The van der Waals surface area contributed by atoms with E-state index >= 15 is 0 Å². The number of nitrogens with one attached hydrogen (secondary N) is 2. The van der Waals surface area contributed by atoms with E-state index in [1.54, 1.807) is 0 Å². The number of likely N-dealkylation sites (tertiary alicyclic amines) is 1. The summed E-state index contributed by atoms with van der Waals surface area (Å²) in [5, 5.41) is 10.5. The second-order valence-electron chi connectivity index (χ2n) is 4.17. The molecule has 0 aliphatic carbocycles. The third-order valence-corrected chi connectivity index (χ3v) is 3.04. The molecule has 13 heavy (non-hydrogen) atoms. The molecule has 2 N–H and O–H groups in total. The first kappa shape index (κ1) is 10.4. The van der Waals surface area contributed by atoms with E-state index in [2.05, 4.69) is 24.1 Å². The molecule has 3 nitrogen and oxygen atoms in total. The Morgan fingerprint density at radius 3 is 2.31 bits per heavy atom. The standard InChI is InChI=1S/C10H21N3/c1-8(2)9-4-6-13(7-5-9)10(11)12-3/h8-9H,4-7H2,1-3H3,(H2,11,12). The quantitative estimate of drug-likeness (QED) is 0.478. The molecule has 1 heterocycles. The highest BCUT2D eigenvalue weighted by Crippen LogP contribution is 2.23. The van der Waals surface area contributed by atoms with E-state index in [0.717, 1.165) is 24.9 Å². The lowest BCUT2D eigenvalue weighted by molar-refractivity contribution is 0.216. The minimum atomic E-state index is 0.571. The van der Waals surface area contributed by atoms with E-state index in [9.17, 15) is 0 Å². The Labute approximate surface area is 81.0 Å². The van der Waals surface area contributed by atoms with Gasteiger partial charge in [-0.15, -0.1) is 0 Å². The Bertz CT molecular complexity index is 169. The Hall–Kier alpha value is -0.730. The highest BCUT2D eigenvalue weighted by molar-refractivity contribution is 5.76. The number of guanidine groups is 1. The van der Waals surface area contributed by atoms with Crippen molar-refractivity contribution in [3.63, 3.8) is 0 Å². The van der Waals surface area contributed by atoms with Crippen LogP contribution in [0.25, 0.3) is 0 Å². The second-order valence-corrected chi connectivity index (χ2v) is 4.17. The maximum atomic E-state index is 7.62. The largest absolute Gasteiger partial charge is 0.359 e. The normalized spacial score (nSPS) is 19.2. The number of nitrogens with zero attached hydrogens (tertiary/aromatic N) is 1. The van der Waals surface area contributed by atoms with Crippen molar-refractivity contribution in [1.29, 1.82) is 5.41 Å². The third-order valence-electron chi connectivity index (χ3n) is 3.04. The first-order valence-corrected chi connectivity index (χ1v) is 5.16. The smallest absolute Gasteiger partial charge is 0.190 e. The SMILES string of the molecule is CNC(=N)N1CCC(C(C)C)CC1. The summed E-state index contributed by atoms with van der Waals surface area (Å²) in [6, 6.07) is 0. The van der Waals surface area contributed by atoms with Gasteiger partial charge < -0.3 is 10.2 Å². The van der Waals surface area contributed by atoms with Gasteiger partial charge in [-0.05, 0) is 24.7 Å². The molecule has 0 aromatic rings. The van der Waals surface area contributed by atoms with Crippen molar-refractivity contribution >= 4 is 5.96 Å². The summed E-state index contributed by atoms with van der Waals surface area (Å²) in [5.41, 5.74) is 0. The molecule has 0 radical (unpaired) electrons. The minimum absolute atomic E-state index is 0.571. The molecule has 0 unspecified atom stereocenters. The van der Waals surface area contributed by atoms with Crippen LogP contribution in [0.1, 0.15) is 26.7 Å². The first-order chi connectivity index (χ1) is 6.15. The lowest BCUT2D eigenvalue weighted by Gasteiger charge is -2.34. The van der Waals surface area contributed by atoms with Gasteiger partial charge in [-0.2, -0.15) is 0 Å². The molecule has 0 atom stereocenters. The van der Waals surface area contributed by atoms with Crippen LogP contribution < -0.4 is 5.32 Å². The van der Waals surface area contributed by atoms with Crippen molar-refractivity contribution in [2.45, 2.75) is 26.7 Å². The summed E-state index contributed by atoms with van der Waals surface area (Å²) in [6.45, 7) is 6.68. The van der Waals surface area contributed by atoms with Crippen LogP contribution >= 0.6 is 0 Å². The highest BCUT2D eigenvalue weighted by Gasteiger charge is 2.22. The van der Waals surface area contributed by atoms with Gasteiger partial charge in [0.05, 0.1) is 0 Å². The second kappa shape index (κ2) is 4.49. The van der Waals surface area contributed by atoms with Crippen molar-refractivity contribution in [3.05, 3.63) is 0 Å². The predicted molar refractivity (Wildman–Crippen MR) is 55.9 cm³/mol. The van der Waals surface area contributed by atoms with E-state index < -0.39 is 0 Å². The predicted octanol–water partition coefficient (Wildman–Crippen LogP) is 1.51. The minimum Gasteiger partial charge on any atom is -0.359 e. The van der Waals surface area contributed by atoms with Gasteiger partial charge in [-0.1, -0.05) is 13.8 Å². The molecular formula is C10H21N3. The van der Waals surface area contributed by atoms with Crippen molar-refractivity contribution in [2.24, 2.45) is 11.8 Å². The molecule has 0 aromatic heterocycles. The fourth-order valence-electron chi connectivity index (χ4n) is 1.95. The van der Waals surface area contributed by atoms with Crippen LogP contribution in [0.4, 0.5) is 0 Å². The van der Waals surface area contributed by atoms with E-state index in [-0.39, 0.29) is 0 Å². The maximum absolute atomic E-state index is 7.62. The molecular weight excluding hydrogens is 162 g/mol. The van der Waals surface area contributed by atoms with Crippen LogP contribution in [-0.2, 0) is 0 Å². The van der Waals surface area contributed by atoms with Gasteiger partial charge in [0.1, 0.15) is 0 Å². The van der Waals surface area contributed by atoms with E-state index in [4.69, 9.17) is 5.41 Å². The van der Waals surface area contributed by atoms with Crippen molar-refractivity contribution in [2.75, 3.05) is 20.1 Å². The van der Waals surface area contributed by atoms with E-state index in [1.165, 1.54) is 12.8 Å². The van der Waals surface area contributed by atoms with Gasteiger partial charge in [0.25, 0.3) is 0 Å². The Kier molecular flexibility index (Phi) is 3.58. The Balaban J connectivity index is 2.34. The van der Waals surface area contributed by atoms with Crippen LogP contribution in [0.15, 0.2) is 0 Å². The average molecular weight is 183 g/mol. The Morgan fingerprint density at radius 1 is 1.38 bits per heavy atom. The van der Waals surface area contributed by atoms with E-state index in [1.807, 2.05) is 7.05 Å². The number of hydrogen-bond acceptors (Lipinski definition) is 1. The van der Waals surface area contributed by atoms with E-state index in [0.29, 0.717) is 5.96 Å². The van der Waals surface area contributed by atoms with Crippen LogP contribution in [0.5, 0.6) is 0 Å². The maximum Gasteiger partial charge on any atom is 0.190 e. The topological polar surface area (TPSA) is 39.1 Å². The third kappa shape index (κ3) is 2.61. The molecule has 1 saturated heterocycles. The first-order valence-electron chi connectivity index (χ1n) is 5.16. The molecule has 1 aliphatic rings. The van der Waals surface area contributed by atoms with Gasteiger partial charge in [0.15, 0.2) is 5.96 Å². The van der Waals surface area contributed by atoms with Crippen molar-refractivity contribution < 1.29 is 0 Å².